The van der Waals surface area contributed by atoms with Gasteiger partial charge in [-0.3, -0.25) is 4.79 Å². The lowest BCUT2D eigenvalue weighted by Crippen LogP contribution is -2.21. The van der Waals surface area contributed by atoms with Crippen molar-refractivity contribution >= 4 is 17.8 Å². The Bertz CT molecular complexity index is 503. The number of nitrogens with one attached hydrogen (secondary N) is 1. The van der Waals surface area contributed by atoms with Crippen LogP contribution in [-0.4, -0.2) is 36.6 Å². The van der Waals surface area contributed by atoms with E-state index < -0.39 is 11.9 Å². The smallest absolute Gasteiger partial charge is 0.338 e. The first-order valence-electron chi connectivity index (χ1n) is 6.73. The number of carbonyl (C=O) groups is 3. The zero-order valence-corrected chi connectivity index (χ0v) is 11.9. The molecular weight excluding hydrogens is 274 g/mol. The third-order valence-corrected chi connectivity index (χ3v) is 2.97. The summed E-state index contributed by atoms with van der Waals surface area (Å²) in [4.78, 5) is 32.3. The van der Waals surface area contributed by atoms with Crippen molar-refractivity contribution in [1.29, 1.82) is 0 Å². The van der Waals surface area contributed by atoms with Crippen LogP contribution in [0.15, 0.2) is 24.3 Å². The van der Waals surface area contributed by atoms with Crippen LogP contribution in [-0.2, 0) is 9.53 Å². The van der Waals surface area contributed by atoms with Crippen molar-refractivity contribution in [3.8, 4) is 0 Å². The summed E-state index contributed by atoms with van der Waals surface area (Å²) >= 11 is 0. The van der Waals surface area contributed by atoms with E-state index in [0.29, 0.717) is 0 Å². The summed E-state index contributed by atoms with van der Waals surface area (Å²) in [5, 5.41) is 11.5. The molecule has 0 bridgehead atoms. The van der Waals surface area contributed by atoms with E-state index in [1.165, 1.54) is 25.7 Å². The van der Waals surface area contributed by atoms with Gasteiger partial charge < -0.3 is 15.2 Å². The van der Waals surface area contributed by atoms with Crippen molar-refractivity contribution in [1.82, 2.24) is 5.32 Å². The lowest BCUT2D eigenvalue weighted by molar-refractivity contribution is -0.120. The van der Waals surface area contributed by atoms with Crippen LogP contribution >= 0.6 is 0 Å². The fourth-order valence-electron chi connectivity index (χ4n) is 1.86. The van der Waals surface area contributed by atoms with Gasteiger partial charge in [0.05, 0.1) is 18.2 Å². The third-order valence-electron chi connectivity index (χ3n) is 2.97. The summed E-state index contributed by atoms with van der Waals surface area (Å²) in [6, 6.07) is 5.90. The molecule has 0 aromatic heterocycles. The molecular formula is C15H19NO5. The normalized spacial score (nSPS) is 14.0. The molecule has 1 aromatic carbocycles. The summed E-state index contributed by atoms with van der Waals surface area (Å²) in [5.74, 6) is -1.55. The SMILES string of the molecule is COC(=O)c1ccccc1C(=O)O.O=C1CCCCCN1. The Balaban J connectivity index is 0.000000235. The molecule has 0 atom stereocenters. The van der Waals surface area contributed by atoms with Crippen molar-refractivity contribution < 1.29 is 24.2 Å². The second-order valence-electron chi connectivity index (χ2n) is 4.50. The van der Waals surface area contributed by atoms with E-state index in [9.17, 15) is 14.4 Å². The van der Waals surface area contributed by atoms with Gasteiger partial charge in [-0.25, -0.2) is 9.59 Å². The van der Waals surface area contributed by atoms with E-state index in [-0.39, 0.29) is 17.0 Å². The van der Waals surface area contributed by atoms with E-state index in [0.717, 1.165) is 25.8 Å². The lowest BCUT2D eigenvalue weighted by Gasteiger charge is -2.02. The minimum Gasteiger partial charge on any atom is -0.478 e. The van der Waals surface area contributed by atoms with Crippen LogP contribution in [0.2, 0.25) is 0 Å². The Morgan fingerprint density at radius 1 is 1.14 bits per heavy atom. The summed E-state index contributed by atoms with van der Waals surface area (Å²) in [5.41, 5.74) is 0.0202. The Kier molecular flexibility index (Phi) is 6.94. The average Bonchev–Trinajstić information content (AvgIpc) is 2.74. The molecule has 6 heteroatoms. The van der Waals surface area contributed by atoms with Crippen molar-refractivity contribution in [2.24, 2.45) is 0 Å². The molecule has 0 unspecified atom stereocenters. The summed E-state index contributed by atoms with van der Waals surface area (Å²) < 4.78 is 4.42. The van der Waals surface area contributed by atoms with Crippen molar-refractivity contribution in [2.45, 2.75) is 25.7 Å². The molecule has 1 amide bonds. The van der Waals surface area contributed by atoms with E-state index in [1.807, 2.05) is 0 Å². The predicted octanol–water partition coefficient (Wildman–Crippen LogP) is 1.85. The maximum atomic E-state index is 11.1. The number of aromatic carboxylic acids is 1. The highest BCUT2D eigenvalue weighted by atomic mass is 16.5. The molecule has 1 aliphatic rings. The fourth-order valence-corrected chi connectivity index (χ4v) is 1.86. The average molecular weight is 293 g/mol. The van der Waals surface area contributed by atoms with E-state index >= 15 is 0 Å². The summed E-state index contributed by atoms with van der Waals surface area (Å²) in [6.45, 7) is 0.888. The quantitative estimate of drug-likeness (QED) is 0.812. The zero-order chi connectivity index (χ0) is 15.7. The summed E-state index contributed by atoms with van der Waals surface area (Å²) in [6.07, 6.45) is 4.18. The van der Waals surface area contributed by atoms with Gasteiger partial charge >= 0.3 is 11.9 Å². The number of hydrogen-bond donors (Lipinski definition) is 2. The zero-order valence-electron chi connectivity index (χ0n) is 11.9. The molecule has 0 radical (unpaired) electrons. The predicted molar refractivity (Wildman–Crippen MR) is 76.2 cm³/mol. The summed E-state index contributed by atoms with van der Waals surface area (Å²) in [7, 11) is 1.21. The highest BCUT2D eigenvalue weighted by molar-refractivity contribution is 6.02. The van der Waals surface area contributed by atoms with Crippen molar-refractivity contribution in [3.05, 3.63) is 35.4 Å². The molecule has 0 spiro atoms. The van der Waals surface area contributed by atoms with Gasteiger partial charge in [0.25, 0.3) is 0 Å². The van der Waals surface area contributed by atoms with Gasteiger partial charge in [-0.15, -0.1) is 0 Å². The molecule has 1 aromatic rings. The highest BCUT2D eigenvalue weighted by Crippen LogP contribution is 2.09. The maximum absolute atomic E-state index is 11.1. The van der Waals surface area contributed by atoms with E-state index in [4.69, 9.17) is 5.11 Å². The van der Waals surface area contributed by atoms with Crippen LogP contribution in [0.5, 0.6) is 0 Å². The number of hydrogen-bond acceptors (Lipinski definition) is 4. The van der Waals surface area contributed by atoms with Crippen molar-refractivity contribution in [2.75, 3.05) is 13.7 Å². The number of amides is 1. The molecule has 2 rings (SSSR count). The van der Waals surface area contributed by atoms with Crippen LogP contribution in [0.25, 0.3) is 0 Å². The standard InChI is InChI=1S/C9H8O4.C6H11NO/c1-13-9(12)7-5-3-2-4-6(7)8(10)11;8-6-4-2-1-3-5-7-6/h2-5H,1H3,(H,10,11);1-5H2,(H,7,8). The molecule has 1 fully saturated rings. The molecule has 0 aliphatic carbocycles. The Labute approximate surface area is 123 Å². The van der Waals surface area contributed by atoms with Gasteiger partial charge in [0.15, 0.2) is 0 Å². The molecule has 1 heterocycles. The number of benzene rings is 1. The monoisotopic (exact) mass is 293 g/mol. The number of carboxylic acids is 1. The first-order chi connectivity index (χ1) is 10.1. The van der Waals surface area contributed by atoms with Crippen LogP contribution in [0.4, 0.5) is 0 Å². The molecule has 2 N–H and O–H groups in total. The van der Waals surface area contributed by atoms with E-state index in [2.05, 4.69) is 10.1 Å². The van der Waals surface area contributed by atoms with Crippen LogP contribution < -0.4 is 5.32 Å². The number of esters is 1. The fraction of sp³-hybridized carbons (Fsp3) is 0.400. The second-order valence-corrected chi connectivity index (χ2v) is 4.50. The first kappa shape index (κ1) is 16.7. The molecule has 6 nitrogen and oxygen atoms in total. The number of methoxy groups -OCH3 is 1. The maximum Gasteiger partial charge on any atom is 0.338 e. The largest absolute Gasteiger partial charge is 0.478 e. The van der Waals surface area contributed by atoms with Crippen LogP contribution in [0, 0.1) is 0 Å². The minimum absolute atomic E-state index is 0.0469. The number of ether oxygens (including phenoxy) is 1. The second kappa shape index (κ2) is 8.73. The first-order valence-corrected chi connectivity index (χ1v) is 6.73. The van der Waals surface area contributed by atoms with Crippen LogP contribution in [0.3, 0.4) is 0 Å². The molecule has 1 aliphatic heterocycles. The molecule has 21 heavy (non-hydrogen) atoms. The van der Waals surface area contributed by atoms with Crippen molar-refractivity contribution in [3.63, 3.8) is 0 Å². The molecule has 1 saturated heterocycles. The van der Waals surface area contributed by atoms with Gasteiger partial charge in [-0.05, 0) is 25.0 Å². The van der Waals surface area contributed by atoms with Gasteiger partial charge in [0.1, 0.15) is 0 Å². The lowest BCUT2D eigenvalue weighted by atomic mass is 10.1. The molecule has 114 valence electrons. The number of carbonyl (C=O) groups excluding carboxylic acids is 2. The Morgan fingerprint density at radius 2 is 1.81 bits per heavy atom. The number of carboxylic acid groups (broad SMARTS) is 1. The van der Waals surface area contributed by atoms with Crippen LogP contribution in [0.1, 0.15) is 46.4 Å². The van der Waals surface area contributed by atoms with Gasteiger partial charge in [-0.2, -0.15) is 0 Å². The Morgan fingerprint density at radius 3 is 2.43 bits per heavy atom. The topological polar surface area (TPSA) is 92.7 Å². The van der Waals surface area contributed by atoms with Gasteiger partial charge in [0.2, 0.25) is 5.91 Å². The van der Waals surface area contributed by atoms with Gasteiger partial charge in [-0.1, -0.05) is 18.6 Å². The minimum atomic E-state index is -1.14. The van der Waals surface area contributed by atoms with Gasteiger partial charge in [0, 0.05) is 13.0 Å². The number of rotatable bonds is 2. The third kappa shape index (κ3) is 5.64. The Hall–Kier alpha value is -2.37. The van der Waals surface area contributed by atoms with E-state index in [1.54, 1.807) is 12.1 Å². The molecule has 0 saturated carbocycles. The highest BCUT2D eigenvalue weighted by Gasteiger charge is 2.15.